The molecule has 3 rings (SSSR count). The quantitative estimate of drug-likeness (QED) is 0.692. The summed E-state index contributed by atoms with van der Waals surface area (Å²) in [6.45, 7) is 8.03. The highest BCUT2D eigenvalue weighted by molar-refractivity contribution is 7.92. The fourth-order valence-electron chi connectivity index (χ4n) is 3.55. The van der Waals surface area contributed by atoms with Crippen LogP contribution in [-0.4, -0.2) is 33.2 Å². The Bertz CT molecular complexity index is 948. The van der Waals surface area contributed by atoms with Crippen LogP contribution in [0.2, 0.25) is 0 Å². The van der Waals surface area contributed by atoms with Gasteiger partial charge in [-0.1, -0.05) is 19.1 Å². The Morgan fingerprint density at radius 1 is 1.07 bits per heavy atom. The van der Waals surface area contributed by atoms with Gasteiger partial charge in [-0.2, -0.15) is 0 Å². The number of benzene rings is 2. The normalized spacial score (nSPS) is 16.2. The molecule has 162 valence electrons. The maximum absolute atomic E-state index is 12.6. The number of carbonyl (C=O) groups excluding carboxylic acids is 1. The number of amides is 1. The van der Waals surface area contributed by atoms with Gasteiger partial charge in [-0.15, -0.1) is 0 Å². The van der Waals surface area contributed by atoms with Gasteiger partial charge in [0, 0.05) is 30.0 Å². The van der Waals surface area contributed by atoms with Crippen LogP contribution in [0.25, 0.3) is 0 Å². The monoisotopic (exact) mass is 429 g/mol. The fourth-order valence-corrected chi connectivity index (χ4v) is 4.18. The second-order valence-electron chi connectivity index (χ2n) is 8.04. The van der Waals surface area contributed by atoms with Crippen molar-refractivity contribution in [2.45, 2.75) is 39.7 Å². The first-order valence-corrected chi connectivity index (χ1v) is 12.2. The highest BCUT2D eigenvalue weighted by Gasteiger charge is 2.17. The number of sulfonamides is 1. The van der Waals surface area contributed by atoms with Gasteiger partial charge >= 0.3 is 0 Å². The molecule has 0 spiro atoms. The van der Waals surface area contributed by atoms with Crippen molar-refractivity contribution >= 4 is 27.3 Å². The Labute approximate surface area is 179 Å². The maximum Gasteiger partial charge on any atom is 0.251 e. The van der Waals surface area contributed by atoms with Crippen LogP contribution in [0.4, 0.5) is 11.4 Å². The van der Waals surface area contributed by atoms with E-state index in [4.69, 9.17) is 0 Å². The molecule has 1 fully saturated rings. The summed E-state index contributed by atoms with van der Waals surface area (Å²) in [5.41, 5.74) is 3.21. The third kappa shape index (κ3) is 5.75. The van der Waals surface area contributed by atoms with Crippen molar-refractivity contribution in [1.82, 2.24) is 5.32 Å². The van der Waals surface area contributed by atoms with E-state index in [-0.39, 0.29) is 17.7 Å². The van der Waals surface area contributed by atoms with E-state index in [0.29, 0.717) is 11.3 Å². The zero-order valence-corrected chi connectivity index (χ0v) is 18.7. The molecular weight excluding hydrogens is 398 g/mol. The molecule has 0 aromatic heterocycles. The minimum absolute atomic E-state index is 0.00241. The van der Waals surface area contributed by atoms with Crippen LogP contribution in [0, 0.1) is 5.92 Å². The number of nitrogens with zero attached hydrogens (tertiary/aromatic N) is 1. The molecule has 0 bridgehead atoms. The topological polar surface area (TPSA) is 78.5 Å². The Hall–Kier alpha value is -2.54. The standard InChI is InChI=1S/C23H31N3O3S/c1-4-30(28,29)25-21-9-5-20(6-10-21)23(27)24-18(3)19-7-11-22(12-8-19)26-15-13-17(2)14-16-26/h5-12,17-18,25H,4,13-16H2,1-3H3,(H,24,27). The molecule has 0 saturated carbocycles. The first-order valence-electron chi connectivity index (χ1n) is 10.5. The van der Waals surface area contributed by atoms with Crippen molar-refractivity contribution in [2.24, 2.45) is 5.92 Å². The number of hydrogen-bond acceptors (Lipinski definition) is 4. The minimum atomic E-state index is -3.33. The zero-order chi connectivity index (χ0) is 21.7. The molecule has 2 aromatic carbocycles. The van der Waals surface area contributed by atoms with Crippen LogP contribution in [0.15, 0.2) is 48.5 Å². The Morgan fingerprint density at radius 3 is 2.23 bits per heavy atom. The third-order valence-corrected chi connectivity index (χ3v) is 7.00. The molecular formula is C23H31N3O3S. The summed E-state index contributed by atoms with van der Waals surface area (Å²) < 4.78 is 25.7. The SMILES string of the molecule is CCS(=O)(=O)Nc1ccc(C(=O)NC(C)c2ccc(N3CCC(C)CC3)cc2)cc1. The van der Waals surface area contributed by atoms with E-state index in [0.717, 1.165) is 24.6 Å². The average Bonchev–Trinajstić information content (AvgIpc) is 2.74. The van der Waals surface area contributed by atoms with E-state index in [9.17, 15) is 13.2 Å². The summed E-state index contributed by atoms with van der Waals surface area (Å²) in [6.07, 6.45) is 2.46. The second kappa shape index (κ2) is 9.51. The molecule has 1 saturated heterocycles. The predicted molar refractivity (Wildman–Crippen MR) is 122 cm³/mol. The molecule has 1 amide bonds. The van der Waals surface area contributed by atoms with Gasteiger partial charge in [0.25, 0.3) is 5.91 Å². The van der Waals surface area contributed by atoms with E-state index in [1.165, 1.54) is 18.5 Å². The molecule has 2 aromatic rings. The molecule has 7 heteroatoms. The number of piperidine rings is 1. The predicted octanol–water partition coefficient (Wildman–Crippen LogP) is 4.18. The van der Waals surface area contributed by atoms with Gasteiger partial charge in [-0.3, -0.25) is 9.52 Å². The number of carbonyl (C=O) groups is 1. The lowest BCUT2D eigenvalue weighted by atomic mass is 9.98. The lowest BCUT2D eigenvalue weighted by molar-refractivity contribution is 0.0940. The first kappa shape index (κ1) is 22.2. The maximum atomic E-state index is 12.6. The van der Waals surface area contributed by atoms with Crippen molar-refractivity contribution in [3.05, 3.63) is 59.7 Å². The number of hydrogen-bond donors (Lipinski definition) is 2. The van der Waals surface area contributed by atoms with Crippen molar-refractivity contribution in [2.75, 3.05) is 28.5 Å². The Kier molecular flexibility index (Phi) is 7.02. The van der Waals surface area contributed by atoms with Gasteiger partial charge in [-0.25, -0.2) is 8.42 Å². The van der Waals surface area contributed by atoms with Gasteiger partial charge in [0.1, 0.15) is 0 Å². The average molecular weight is 430 g/mol. The molecule has 1 aliphatic heterocycles. The Balaban J connectivity index is 1.58. The van der Waals surface area contributed by atoms with E-state index in [1.54, 1.807) is 31.2 Å². The van der Waals surface area contributed by atoms with Crippen molar-refractivity contribution in [1.29, 1.82) is 0 Å². The van der Waals surface area contributed by atoms with Crippen molar-refractivity contribution in [3.63, 3.8) is 0 Å². The highest BCUT2D eigenvalue weighted by Crippen LogP contribution is 2.24. The molecule has 1 unspecified atom stereocenters. The van der Waals surface area contributed by atoms with Crippen LogP contribution in [0.5, 0.6) is 0 Å². The van der Waals surface area contributed by atoms with Gasteiger partial charge in [0.05, 0.1) is 11.8 Å². The summed E-state index contributed by atoms with van der Waals surface area (Å²) in [4.78, 5) is 15.0. The van der Waals surface area contributed by atoms with Crippen LogP contribution in [0.1, 0.15) is 55.6 Å². The highest BCUT2D eigenvalue weighted by atomic mass is 32.2. The number of anilines is 2. The van der Waals surface area contributed by atoms with Gasteiger partial charge in [0.15, 0.2) is 0 Å². The fraction of sp³-hybridized carbons (Fsp3) is 0.435. The first-order chi connectivity index (χ1) is 14.3. The third-order valence-electron chi connectivity index (χ3n) is 5.69. The lowest BCUT2D eigenvalue weighted by Crippen LogP contribution is -2.32. The molecule has 1 heterocycles. The largest absolute Gasteiger partial charge is 0.372 e. The van der Waals surface area contributed by atoms with Crippen LogP contribution in [0.3, 0.4) is 0 Å². The summed E-state index contributed by atoms with van der Waals surface area (Å²) in [7, 11) is -3.33. The zero-order valence-electron chi connectivity index (χ0n) is 17.9. The van der Waals surface area contributed by atoms with Crippen LogP contribution >= 0.6 is 0 Å². The summed E-state index contributed by atoms with van der Waals surface area (Å²) in [6, 6.07) is 14.7. The van der Waals surface area contributed by atoms with Gasteiger partial charge in [-0.05, 0) is 74.6 Å². The summed E-state index contributed by atoms with van der Waals surface area (Å²) in [5, 5.41) is 3.00. The molecule has 2 N–H and O–H groups in total. The minimum Gasteiger partial charge on any atom is -0.372 e. The number of rotatable bonds is 7. The summed E-state index contributed by atoms with van der Waals surface area (Å²) >= 11 is 0. The molecule has 30 heavy (non-hydrogen) atoms. The van der Waals surface area contributed by atoms with Crippen LogP contribution < -0.4 is 14.9 Å². The van der Waals surface area contributed by atoms with E-state index >= 15 is 0 Å². The van der Waals surface area contributed by atoms with E-state index in [2.05, 4.69) is 46.1 Å². The van der Waals surface area contributed by atoms with Gasteiger partial charge < -0.3 is 10.2 Å². The van der Waals surface area contributed by atoms with E-state index in [1.807, 2.05) is 6.92 Å². The molecule has 1 aliphatic rings. The second-order valence-corrected chi connectivity index (χ2v) is 10.1. The van der Waals surface area contributed by atoms with Crippen LogP contribution in [-0.2, 0) is 10.0 Å². The number of nitrogens with one attached hydrogen (secondary N) is 2. The lowest BCUT2D eigenvalue weighted by Gasteiger charge is -2.32. The molecule has 1 atom stereocenters. The molecule has 0 radical (unpaired) electrons. The summed E-state index contributed by atoms with van der Waals surface area (Å²) in [5.74, 6) is 0.612. The smallest absolute Gasteiger partial charge is 0.251 e. The Morgan fingerprint density at radius 2 is 1.67 bits per heavy atom. The molecule has 0 aliphatic carbocycles. The van der Waals surface area contributed by atoms with Crippen molar-refractivity contribution in [3.8, 4) is 0 Å². The van der Waals surface area contributed by atoms with Gasteiger partial charge in [0.2, 0.25) is 10.0 Å². The van der Waals surface area contributed by atoms with Crippen molar-refractivity contribution < 1.29 is 13.2 Å². The molecule has 6 nitrogen and oxygen atoms in total. The van der Waals surface area contributed by atoms with E-state index < -0.39 is 10.0 Å².